The van der Waals surface area contributed by atoms with Gasteiger partial charge in [0.15, 0.2) is 0 Å². The predicted octanol–water partition coefficient (Wildman–Crippen LogP) is 5.46. The van der Waals surface area contributed by atoms with Crippen LogP contribution in [0, 0.1) is 6.92 Å². The van der Waals surface area contributed by atoms with Crippen LogP contribution < -0.4 is 15.4 Å². The topological polar surface area (TPSA) is 59.1 Å². The maximum Gasteiger partial charge on any atom is 0.225 e. The van der Waals surface area contributed by atoms with Gasteiger partial charge >= 0.3 is 0 Å². The number of hydrogen-bond donors (Lipinski definition) is 2. The van der Waals surface area contributed by atoms with Gasteiger partial charge in [-0.15, -0.1) is 0 Å². The number of benzene rings is 2. The van der Waals surface area contributed by atoms with Gasteiger partial charge in [-0.05, 0) is 31.2 Å². The zero-order valence-corrected chi connectivity index (χ0v) is 15.9. The van der Waals surface area contributed by atoms with Crippen molar-refractivity contribution in [2.24, 2.45) is 0 Å². The Morgan fingerprint density at radius 1 is 1.00 bits per heavy atom. The van der Waals surface area contributed by atoms with Gasteiger partial charge in [-0.2, -0.15) is 4.98 Å². The van der Waals surface area contributed by atoms with E-state index < -0.39 is 0 Å². The average Bonchev–Trinajstić information content (AvgIpc) is 2.59. The number of nitrogens with zero attached hydrogens (tertiary/aromatic N) is 2. The molecule has 0 spiro atoms. The second kappa shape index (κ2) is 8.25. The molecule has 2 aromatic carbocycles. The highest BCUT2D eigenvalue weighted by molar-refractivity contribution is 6.35. The second-order valence-corrected chi connectivity index (χ2v) is 6.54. The summed E-state index contributed by atoms with van der Waals surface area (Å²) in [4.78, 5) is 8.92. The molecule has 2 N–H and O–H groups in total. The van der Waals surface area contributed by atoms with E-state index in [0.717, 1.165) is 22.7 Å². The summed E-state index contributed by atoms with van der Waals surface area (Å²) < 4.78 is 5.36. The molecule has 3 aromatic rings. The first-order chi connectivity index (χ1) is 12.5. The highest BCUT2D eigenvalue weighted by atomic mass is 35.5. The number of halogens is 2. The Morgan fingerprint density at radius 2 is 1.73 bits per heavy atom. The third-order valence-corrected chi connectivity index (χ3v) is 4.06. The number of aromatic nitrogens is 2. The van der Waals surface area contributed by atoms with E-state index >= 15 is 0 Å². The highest BCUT2D eigenvalue weighted by Gasteiger charge is 2.06. The van der Waals surface area contributed by atoms with Gasteiger partial charge in [0.25, 0.3) is 0 Å². The quantitative estimate of drug-likeness (QED) is 0.587. The summed E-state index contributed by atoms with van der Waals surface area (Å²) in [6, 6.07) is 14.9. The van der Waals surface area contributed by atoms with Crippen molar-refractivity contribution < 1.29 is 4.74 Å². The van der Waals surface area contributed by atoms with Gasteiger partial charge in [0, 0.05) is 39.6 Å². The monoisotopic (exact) mass is 388 g/mol. The molecule has 0 atom stereocenters. The Labute approximate surface area is 162 Å². The van der Waals surface area contributed by atoms with Crippen molar-refractivity contribution in [1.29, 1.82) is 0 Å². The maximum absolute atomic E-state index is 6.04. The first-order valence-electron chi connectivity index (χ1n) is 7.98. The number of anilines is 3. The lowest BCUT2D eigenvalue weighted by Crippen LogP contribution is -2.07. The molecule has 134 valence electrons. The largest absolute Gasteiger partial charge is 0.496 e. The fraction of sp³-hybridized carbons (Fsp3) is 0.158. The summed E-state index contributed by atoms with van der Waals surface area (Å²) in [7, 11) is 1.65. The number of aryl methyl sites for hydroxylation is 1. The summed E-state index contributed by atoms with van der Waals surface area (Å²) in [6.45, 7) is 2.46. The third kappa shape index (κ3) is 4.77. The number of methoxy groups -OCH3 is 1. The van der Waals surface area contributed by atoms with Crippen molar-refractivity contribution in [2.75, 3.05) is 17.7 Å². The fourth-order valence-corrected chi connectivity index (χ4v) is 3.03. The predicted molar refractivity (Wildman–Crippen MR) is 107 cm³/mol. The van der Waals surface area contributed by atoms with Crippen molar-refractivity contribution in [3.05, 3.63) is 69.8 Å². The number of ether oxygens (including phenoxy) is 1. The van der Waals surface area contributed by atoms with Crippen LogP contribution in [0.2, 0.25) is 10.0 Å². The third-order valence-electron chi connectivity index (χ3n) is 3.62. The van der Waals surface area contributed by atoms with Gasteiger partial charge in [0.05, 0.1) is 7.11 Å². The lowest BCUT2D eigenvalue weighted by molar-refractivity contribution is 0.410. The molecule has 0 aliphatic rings. The minimum absolute atomic E-state index is 0.520. The second-order valence-electron chi connectivity index (χ2n) is 5.67. The zero-order valence-electron chi connectivity index (χ0n) is 14.4. The van der Waals surface area contributed by atoms with Crippen LogP contribution in [0.25, 0.3) is 0 Å². The molecule has 0 bridgehead atoms. The Bertz CT molecular complexity index is 898. The molecule has 3 rings (SSSR count). The molecule has 7 heteroatoms. The summed E-state index contributed by atoms with van der Waals surface area (Å²) in [5, 5.41) is 7.55. The first kappa shape index (κ1) is 18.3. The maximum atomic E-state index is 6.04. The lowest BCUT2D eigenvalue weighted by atomic mass is 10.2. The van der Waals surface area contributed by atoms with Crippen LogP contribution in [-0.2, 0) is 6.54 Å². The van der Waals surface area contributed by atoms with Gasteiger partial charge in [-0.1, -0.05) is 41.4 Å². The molecule has 1 aromatic heterocycles. The fourth-order valence-electron chi connectivity index (χ4n) is 2.51. The smallest absolute Gasteiger partial charge is 0.225 e. The van der Waals surface area contributed by atoms with E-state index in [2.05, 4.69) is 20.6 Å². The van der Waals surface area contributed by atoms with Crippen LogP contribution >= 0.6 is 23.2 Å². The van der Waals surface area contributed by atoms with E-state index in [-0.39, 0.29) is 0 Å². The van der Waals surface area contributed by atoms with Crippen LogP contribution in [0.5, 0.6) is 5.75 Å². The van der Waals surface area contributed by atoms with Gasteiger partial charge in [-0.3, -0.25) is 0 Å². The summed E-state index contributed by atoms with van der Waals surface area (Å²) in [5.41, 5.74) is 2.62. The molecule has 0 unspecified atom stereocenters. The molecular weight excluding hydrogens is 371 g/mol. The van der Waals surface area contributed by atoms with Gasteiger partial charge in [0.1, 0.15) is 11.6 Å². The van der Waals surface area contributed by atoms with E-state index in [1.54, 1.807) is 25.3 Å². The highest BCUT2D eigenvalue weighted by Crippen LogP contribution is 2.25. The molecule has 0 amide bonds. The van der Waals surface area contributed by atoms with Crippen molar-refractivity contribution in [1.82, 2.24) is 9.97 Å². The van der Waals surface area contributed by atoms with Crippen LogP contribution in [0.15, 0.2) is 48.5 Å². The van der Waals surface area contributed by atoms with Crippen LogP contribution in [0.3, 0.4) is 0 Å². The van der Waals surface area contributed by atoms with Gasteiger partial charge in [-0.25, -0.2) is 4.98 Å². The SMILES string of the molecule is COc1ccccc1CNc1nc(C)cc(Nc2cc(Cl)cc(Cl)c2)n1. The standard InChI is InChI=1S/C19H18Cl2N4O/c1-12-7-18(24-16-9-14(20)8-15(21)10-16)25-19(23-12)22-11-13-5-3-4-6-17(13)26-2/h3-10H,11H2,1-2H3,(H2,22,23,24,25). The van der Waals surface area contributed by atoms with Crippen LogP contribution in [-0.4, -0.2) is 17.1 Å². The molecule has 0 fully saturated rings. The first-order valence-corrected chi connectivity index (χ1v) is 8.73. The van der Waals surface area contributed by atoms with E-state index in [0.29, 0.717) is 28.4 Å². The Balaban J connectivity index is 1.77. The average molecular weight is 389 g/mol. The van der Waals surface area contributed by atoms with E-state index in [1.165, 1.54) is 0 Å². The van der Waals surface area contributed by atoms with Crippen molar-refractivity contribution in [3.8, 4) is 5.75 Å². The summed E-state index contributed by atoms with van der Waals surface area (Å²) >= 11 is 12.1. The van der Waals surface area contributed by atoms with E-state index in [4.69, 9.17) is 27.9 Å². The normalized spacial score (nSPS) is 10.5. The molecule has 26 heavy (non-hydrogen) atoms. The van der Waals surface area contributed by atoms with E-state index in [1.807, 2.05) is 37.3 Å². The summed E-state index contributed by atoms with van der Waals surface area (Å²) in [6.07, 6.45) is 0. The molecule has 1 heterocycles. The molecule has 0 aliphatic carbocycles. The Kier molecular flexibility index (Phi) is 5.81. The van der Waals surface area contributed by atoms with Crippen LogP contribution in [0.4, 0.5) is 17.5 Å². The minimum Gasteiger partial charge on any atom is -0.496 e. The molecule has 0 saturated heterocycles. The van der Waals surface area contributed by atoms with Gasteiger partial charge < -0.3 is 15.4 Å². The molecule has 0 aliphatic heterocycles. The number of nitrogens with one attached hydrogen (secondary N) is 2. The number of hydrogen-bond acceptors (Lipinski definition) is 5. The van der Waals surface area contributed by atoms with Crippen LogP contribution in [0.1, 0.15) is 11.3 Å². The molecule has 0 saturated carbocycles. The molecule has 0 radical (unpaired) electrons. The molecule has 5 nitrogen and oxygen atoms in total. The van der Waals surface area contributed by atoms with Crippen molar-refractivity contribution in [2.45, 2.75) is 13.5 Å². The van der Waals surface area contributed by atoms with Gasteiger partial charge in [0.2, 0.25) is 5.95 Å². The minimum atomic E-state index is 0.520. The van der Waals surface area contributed by atoms with Crippen molar-refractivity contribution in [3.63, 3.8) is 0 Å². The lowest BCUT2D eigenvalue weighted by Gasteiger charge is -2.12. The summed E-state index contributed by atoms with van der Waals surface area (Å²) in [5.74, 6) is 1.99. The van der Waals surface area contributed by atoms with Crippen molar-refractivity contribution >= 4 is 40.7 Å². The molecular formula is C19H18Cl2N4O. The number of para-hydroxylation sites is 1. The number of rotatable bonds is 6. The van der Waals surface area contributed by atoms with E-state index in [9.17, 15) is 0 Å². The Morgan fingerprint density at radius 3 is 2.46 bits per heavy atom. The Hall–Kier alpha value is -2.50. The zero-order chi connectivity index (χ0) is 18.5.